The predicted octanol–water partition coefficient (Wildman–Crippen LogP) is 3.06. The van der Waals surface area contributed by atoms with Crippen LogP contribution in [0.4, 0.5) is 10.1 Å². The summed E-state index contributed by atoms with van der Waals surface area (Å²) in [6, 6.07) is 5.32. The molecule has 0 unspecified atom stereocenters. The van der Waals surface area contributed by atoms with Gasteiger partial charge in [0.15, 0.2) is 0 Å². The molecule has 0 saturated carbocycles. The van der Waals surface area contributed by atoms with E-state index >= 15 is 0 Å². The molecule has 0 spiro atoms. The normalized spacial score (nSPS) is 11.6. The van der Waals surface area contributed by atoms with E-state index in [-0.39, 0.29) is 14.9 Å². The molecule has 8 heteroatoms. The van der Waals surface area contributed by atoms with Crippen molar-refractivity contribution in [3.8, 4) is 0 Å². The number of nitrogens with one attached hydrogen (secondary N) is 2. The molecule has 0 amide bonds. The molecule has 0 aliphatic rings. The van der Waals surface area contributed by atoms with Crippen LogP contribution in [0.2, 0.25) is 5.02 Å². The van der Waals surface area contributed by atoms with Crippen molar-refractivity contribution >= 4 is 38.6 Å². The first-order valence-corrected chi connectivity index (χ1v) is 8.36. The second-order valence-electron chi connectivity index (χ2n) is 4.03. The van der Waals surface area contributed by atoms with Crippen LogP contribution in [0.5, 0.6) is 0 Å². The Morgan fingerprint density at radius 2 is 2.10 bits per heavy atom. The summed E-state index contributed by atoms with van der Waals surface area (Å²) in [4.78, 5) is 0. The molecule has 2 aromatic rings. The number of hydrogen-bond donors (Lipinski definition) is 2. The van der Waals surface area contributed by atoms with Crippen LogP contribution in [0, 0.1) is 5.82 Å². The Kier molecular flexibility index (Phi) is 4.64. The maximum absolute atomic E-state index is 13.6. The minimum absolute atomic E-state index is 0.127. The van der Waals surface area contributed by atoms with Crippen molar-refractivity contribution in [1.29, 1.82) is 0 Å². The lowest BCUT2D eigenvalue weighted by Crippen LogP contribution is -2.12. The summed E-state index contributed by atoms with van der Waals surface area (Å²) in [7, 11) is -2.02. The Hall–Kier alpha value is -1.15. The average Bonchev–Trinajstić information content (AvgIpc) is 2.83. The topological polar surface area (TPSA) is 58.2 Å². The van der Waals surface area contributed by atoms with Gasteiger partial charge in [0.05, 0.1) is 5.69 Å². The molecule has 0 fully saturated rings. The van der Waals surface area contributed by atoms with Gasteiger partial charge in [0.25, 0.3) is 10.0 Å². The second kappa shape index (κ2) is 6.09. The first-order chi connectivity index (χ1) is 9.42. The van der Waals surface area contributed by atoms with Crippen LogP contribution in [-0.4, -0.2) is 15.5 Å². The van der Waals surface area contributed by atoms with Crippen LogP contribution in [0.15, 0.2) is 33.9 Å². The Balaban J connectivity index is 2.26. The molecule has 0 radical (unpaired) electrons. The third-order valence-corrected chi connectivity index (χ3v) is 5.54. The van der Waals surface area contributed by atoms with Gasteiger partial charge in [-0.1, -0.05) is 11.6 Å². The fourth-order valence-electron chi connectivity index (χ4n) is 1.56. The van der Waals surface area contributed by atoms with E-state index in [9.17, 15) is 12.8 Å². The number of thiophene rings is 1. The molecular formula is C12H12ClFN2O2S2. The molecule has 1 heterocycles. The molecule has 2 N–H and O–H groups in total. The number of halogens is 2. The van der Waals surface area contributed by atoms with Crippen molar-refractivity contribution in [2.24, 2.45) is 0 Å². The summed E-state index contributed by atoms with van der Waals surface area (Å²) in [5.41, 5.74) is 0.729. The van der Waals surface area contributed by atoms with Crippen LogP contribution in [0.1, 0.15) is 5.56 Å². The summed E-state index contributed by atoms with van der Waals surface area (Å²) < 4.78 is 40.2. The number of rotatable bonds is 5. The lowest BCUT2D eigenvalue weighted by atomic mass is 10.3. The van der Waals surface area contributed by atoms with Gasteiger partial charge < -0.3 is 5.32 Å². The lowest BCUT2D eigenvalue weighted by molar-refractivity contribution is 0.600. The van der Waals surface area contributed by atoms with Crippen molar-refractivity contribution in [2.75, 3.05) is 11.8 Å². The van der Waals surface area contributed by atoms with Gasteiger partial charge in [0.1, 0.15) is 10.0 Å². The molecule has 0 aliphatic heterocycles. The predicted molar refractivity (Wildman–Crippen MR) is 79.3 cm³/mol. The Bertz CT molecular complexity index is 716. The highest BCUT2D eigenvalue weighted by molar-refractivity contribution is 7.94. The number of anilines is 1. The summed E-state index contributed by atoms with van der Waals surface area (Å²) in [5.74, 6) is -0.715. The summed E-state index contributed by atoms with van der Waals surface area (Å²) in [5, 5.41) is 4.88. The maximum atomic E-state index is 13.6. The van der Waals surface area contributed by atoms with Crippen molar-refractivity contribution < 1.29 is 12.8 Å². The fourth-order valence-corrected chi connectivity index (χ4v) is 3.99. The molecule has 0 bridgehead atoms. The summed E-state index contributed by atoms with van der Waals surface area (Å²) >= 11 is 6.71. The zero-order valence-corrected chi connectivity index (χ0v) is 12.9. The van der Waals surface area contributed by atoms with Gasteiger partial charge in [-0.2, -0.15) is 0 Å². The van der Waals surface area contributed by atoms with Gasteiger partial charge in [0, 0.05) is 11.6 Å². The Labute approximate surface area is 125 Å². The molecule has 4 nitrogen and oxygen atoms in total. The van der Waals surface area contributed by atoms with Crippen LogP contribution >= 0.6 is 22.9 Å². The van der Waals surface area contributed by atoms with Crippen molar-refractivity contribution in [3.63, 3.8) is 0 Å². The van der Waals surface area contributed by atoms with Crippen molar-refractivity contribution in [2.45, 2.75) is 10.8 Å². The highest BCUT2D eigenvalue weighted by Gasteiger charge is 2.18. The lowest BCUT2D eigenvalue weighted by Gasteiger charge is -2.07. The minimum Gasteiger partial charge on any atom is -0.316 e. The highest BCUT2D eigenvalue weighted by atomic mass is 35.5. The third kappa shape index (κ3) is 3.49. The molecule has 0 atom stereocenters. The Morgan fingerprint density at radius 1 is 1.35 bits per heavy atom. The molecule has 1 aromatic heterocycles. The largest absolute Gasteiger partial charge is 0.316 e. The Morgan fingerprint density at radius 3 is 2.75 bits per heavy atom. The smallest absolute Gasteiger partial charge is 0.271 e. The first kappa shape index (κ1) is 15.2. The van der Waals surface area contributed by atoms with E-state index in [1.165, 1.54) is 12.1 Å². The van der Waals surface area contributed by atoms with Crippen molar-refractivity contribution in [1.82, 2.24) is 5.32 Å². The van der Waals surface area contributed by atoms with Crippen LogP contribution in [0.25, 0.3) is 0 Å². The zero-order valence-electron chi connectivity index (χ0n) is 10.5. The van der Waals surface area contributed by atoms with E-state index in [2.05, 4.69) is 10.0 Å². The van der Waals surface area contributed by atoms with Gasteiger partial charge in [-0.05, 0) is 42.3 Å². The average molecular weight is 335 g/mol. The van der Waals surface area contributed by atoms with E-state index < -0.39 is 15.8 Å². The molecule has 1 aromatic carbocycles. The van der Waals surface area contributed by atoms with Gasteiger partial charge in [-0.3, -0.25) is 4.72 Å². The minimum atomic E-state index is -3.79. The van der Waals surface area contributed by atoms with E-state index in [0.717, 1.165) is 23.0 Å². The molecule has 0 saturated heterocycles. The van der Waals surface area contributed by atoms with E-state index in [0.29, 0.717) is 6.54 Å². The van der Waals surface area contributed by atoms with Crippen LogP contribution in [0.3, 0.4) is 0 Å². The first-order valence-electron chi connectivity index (χ1n) is 5.62. The monoisotopic (exact) mass is 334 g/mol. The van der Waals surface area contributed by atoms with Crippen molar-refractivity contribution in [3.05, 3.63) is 46.0 Å². The molecule has 2 rings (SSSR count). The number of hydrogen-bond acceptors (Lipinski definition) is 4. The quantitative estimate of drug-likeness (QED) is 0.883. The van der Waals surface area contributed by atoms with Gasteiger partial charge in [-0.25, -0.2) is 12.8 Å². The highest BCUT2D eigenvalue weighted by Crippen LogP contribution is 2.25. The summed E-state index contributed by atoms with van der Waals surface area (Å²) in [6.45, 7) is 0.571. The summed E-state index contributed by atoms with van der Waals surface area (Å²) in [6.07, 6.45) is 0. The molecule has 0 aliphatic carbocycles. The van der Waals surface area contributed by atoms with E-state index in [4.69, 9.17) is 11.6 Å². The SMILES string of the molecule is CNCc1csc(S(=O)(=O)Nc2ccc(Cl)cc2F)c1. The zero-order chi connectivity index (χ0) is 14.8. The maximum Gasteiger partial charge on any atom is 0.271 e. The van der Waals surface area contributed by atoms with Crippen LogP contribution < -0.4 is 10.0 Å². The third-order valence-electron chi connectivity index (χ3n) is 2.45. The molecular weight excluding hydrogens is 323 g/mol. The number of sulfonamides is 1. The molecule has 20 heavy (non-hydrogen) atoms. The fraction of sp³-hybridized carbons (Fsp3) is 0.167. The second-order valence-corrected chi connectivity index (χ2v) is 7.29. The number of benzene rings is 1. The van der Waals surface area contributed by atoms with E-state index in [1.807, 2.05) is 0 Å². The standard InChI is InChI=1S/C12H12ClFN2O2S2/c1-15-6-8-4-12(19-7-8)20(17,18)16-11-3-2-9(13)5-10(11)14/h2-5,7,15-16H,6H2,1H3. The molecule has 108 valence electrons. The van der Waals surface area contributed by atoms with Gasteiger partial charge in [0.2, 0.25) is 0 Å². The van der Waals surface area contributed by atoms with Crippen LogP contribution in [-0.2, 0) is 16.6 Å². The van der Waals surface area contributed by atoms with E-state index in [1.54, 1.807) is 18.5 Å². The van der Waals surface area contributed by atoms with Gasteiger partial charge >= 0.3 is 0 Å². The van der Waals surface area contributed by atoms with Gasteiger partial charge in [-0.15, -0.1) is 11.3 Å².